The lowest BCUT2D eigenvalue weighted by Crippen LogP contribution is -2.35. The van der Waals surface area contributed by atoms with Crippen molar-refractivity contribution in [3.8, 4) is 0 Å². The first-order chi connectivity index (χ1) is 12.7. The molecule has 0 saturated carbocycles. The first-order valence-corrected chi connectivity index (χ1v) is 10.0. The summed E-state index contributed by atoms with van der Waals surface area (Å²) in [5, 5.41) is 1.05. The third-order valence-electron chi connectivity index (χ3n) is 4.90. The number of fused-ring (bicyclic) bond motifs is 1. The van der Waals surface area contributed by atoms with Gasteiger partial charge in [-0.3, -0.25) is 4.79 Å². The molecule has 1 atom stereocenters. The second-order valence-electron chi connectivity index (χ2n) is 6.40. The molecule has 0 spiro atoms. The van der Waals surface area contributed by atoms with Crippen LogP contribution in [0, 0.1) is 0 Å². The summed E-state index contributed by atoms with van der Waals surface area (Å²) in [6.07, 6.45) is 6.20. The van der Waals surface area contributed by atoms with Crippen LogP contribution in [0.1, 0.15) is 16.8 Å². The van der Waals surface area contributed by atoms with Crippen molar-refractivity contribution in [2.24, 2.45) is 0 Å². The van der Waals surface area contributed by atoms with E-state index in [2.05, 4.69) is 59.4 Å². The lowest BCUT2D eigenvalue weighted by molar-refractivity contribution is 0.102. The van der Waals surface area contributed by atoms with Crippen LogP contribution in [0.4, 0.5) is 11.6 Å². The van der Waals surface area contributed by atoms with Crippen molar-refractivity contribution in [3.05, 3.63) is 42.5 Å². The predicted molar refractivity (Wildman–Crippen MR) is 110 cm³/mol. The Kier molecular flexibility index (Phi) is 4.75. The molecule has 7 nitrogen and oxygen atoms in total. The molecule has 3 aromatic heterocycles. The van der Waals surface area contributed by atoms with E-state index < -0.39 is 0 Å². The Balaban J connectivity index is 1.49. The fourth-order valence-corrected chi connectivity index (χ4v) is 3.83. The van der Waals surface area contributed by atoms with Gasteiger partial charge in [0.25, 0.3) is 0 Å². The Hall–Kier alpha value is -2.23. The van der Waals surface area contributed by atoms with Gasteiger partial charge in [-0.15, -0.1) is 0 Å². The number of aromatic nitrogens is 4. The number of pyridine rings is 1. The molecule has 8 heteroatoms. The maximum absolute atomic E-state index is 11.8. The number of carbonyl (C=O) groups excluding carboxylic acids is 1. The third kappa shape index (κ3) is 3.13. The number of halogens is 1. The molecule has 4 rings (SSSR count). The summed E-state index contributed by atoms with van der Waals surface area (Å²) in [5.74, 6) is 1.97. The average Bonchev–Trinajstić information content (AvgIpc) is 3.36. The molecule has 0 bridgehead atoms. The van der Waals surface area contributed by atoms with Gasteiger partial charge in [-0.25, -0.2) is 15.0 Å². The maximum Gasteiger partial charge on any atom is 0.174 e. The Bertz CT molecular complexity index is 925. The highest BCUT2D eigenvalue weighted by atomic mass is 127. The van der Waals surface area contributed by atoms with Gasteiger partial charge in [-0.05, 0) is 24.6 Å². The molecule has 0 radical (unpaired) electrons. The summed E-state index contributed by atoms with van der Waals surface area (Å²) in [6.45, 7) is 1.82. The summed E-state index contributed by atoms with van der Waals surface area (Å²) in [7, 11) is 2.06. The van der Waals surface area contributed by atoms with E-state index in [0.717, 1.165) is 42.2 Å². The van der Waals surface area contributed by atoms with Crippen molar-refractivity contribution >= 4 is 51.0 Å². The van der Waals surface area contributed by atoms with Crippen LogP contribution in [0.3, 0.4) is 0 Å². The second-order valence-corrected chi connectivity index (χ2v) is 7.16. The highest BCUT2D eigenvalue weighted by Gasteiger charge is 2.28. The van der Waals surface area contributed by atoms with Gasteiger partial charge in [0, 0.05) is 44.1 Å². The van der Waals surface area contributed by atoms with Gasteiger partial charge >= 0.3 is 0 Å². The van der Waals surface area contributed by atoms with E-state index in [0.29, 0.717) is 16.0 Å². The Morgan fingerprint density at radius 3 is 3.00 bits per heavy atom. The van der Waals surface area contributed by atoms with Gasteiger partial charge in [-0.1, -0.05) is 22.6 Å². The fourth-order valence-electron chi connectivity index (χ4n) is 3.38. The lowest BCUT2D eigenvalue weighted by Gasteiger charge is -2.26. The Morgan fingerprint density at radius 2 is 2.23 bits per heavy atom. The van der Waals surface area contributed by atoms with Crippen molar-refractivity contribution in [2.45, 2.75) is 12.5 Å². The number of alkyl halides is 1. The molecule has 26 heavy (non-hydrogen) atoms. The number of carbonyl (C=O) groups is 1. The van der Waals surface area contributed by atoms with Crippen LogP contribution in [-0.4, -0.2) is 56.3 Å². The summed E-state index contributed by atoms with van der Waals surface area (Å²) >= 11 is 2.08. The van der Waals surface area contributed by atoms with Crippen LogP contribution in [0.2, 0.25) is 0 Å². The molecule has 1 fully saturated rings. The molecular formula is C18H19IN6O. The topological polar surface area (TPSA) is 78.0 Å². The number of likely N-dealkylation sites (N-methyl/N-ethyl adjacent to an activating group) is 1. The van der Waals surface area contributed by atoms with E-state index in [1.165, 1.54) is 0 Å². The first kappa shape index (κ1) is 17.2. The number of anilines is 2. The Morgan fingerprint density at radius 1 is 1.35 bits per heavy atom. The molecular weight excluding hydrogens is 443 g/mol. The van der Waals surface area contributed by atoms with Gasteiger partial charge in [0.2, 0.25) is 0 Å². The molecule has 0 aliphatic carbocycles. The highest BCUT2D eigenvalue weighted by Crippen LogP contribution is 2.28. The smallest absolute Gasteiger partial charge is 0.174 e. The Labute approximate surface area is 165 Å². The zero-order valence-electron chi connectivity index (χ0n) is 14.4. The standard InChI is InChI=1S/C18H19IN6O/c1-24(16-3-2-12(9-21-16)15(26)8-19)13-5-7-25(10-13)18-14-4-6-20-17(14)22-11-23-18/h2-4,6,9,11,13H,5,7-8,10H2,1H3,(H,20,22,23)/t13-/m1/s1. The minimum absolute atomic E-state index is 0.110. The third-order valence-corrected chi connectivity index (χ3v) is 5.59. The number of rotatable bonds is 5. The lowest BCUT2D eigenvalue weighted by atomic mass is 10.2. The van der Waals surface area contributed by atoms with Crippen molar-refractivity contribution in [2.75, 3.05) is 34.4 Å². The van der Waals surface area contributed by atoms with E-state index >= 15 is 0 Å². The molecule has 1 aliphatic heterocycles. The van der Waals surface area contributed by atoms with Crippen LogP contribution < -0.4 is 9.80 Å². The summed E-state index contributed by atoms with van der Waals surface area (Å²) in [5.41, 5.74) is 1.53. The summed E-state index contributed by atoms with van der Waals surface area (Å²) in [6, 6.07) is 6.15. The number of nitrogens with zero attached hydrogens (tertiary/aromatic N) is 5. The summed E-state index contributed by atoms with van der Waals surface area (Å²) < 4.78 is 0.471. The fraction of sp³-hybridized carbons (Fsp3) is 0.333. The maximum atomic E-state index is 11.8. The molecule has 0 amide bonds. The second kappa shape index (κ2) is 7.18. The van der Waals surface area contributed by atoms with Crippen molar-refractivity contribution in [1.82, 2.24) is 19.9 Å². The van der Waals surface area contributed by atoms with Gasteiger partial charge < -0.3 is 14.8 Å². The average molecular weight is 462 g/mol. The first-order valence-electron chi connectivity index (χ1n) is 8.48. The minimum atomic E-state index is 0.110. The SMILES string of the molecule is CN(c1ccc(C(=O)CI)cn1)[C@@H]1CCN(c2ncnc3[nH]ccc23)C1. The number of hydrogen-bond acceptors (Lipinski definition) is 6. The van der Waals surface area contributed by atoms with E-state index in [-0.39, 0.29) is 5.78 Å². The minimum Gasteiger partial charge on any atom is -0.355 e. The zero-order chi connectivity index (χ0) is 18.1. The molecule has 4 heterocycles. The van der Waals surface area contributed by atoms with E-state index in [1.54, 1.807) is 12.5 Å². The van der Waals surface area contributed by atoms with Gasteiger partial charge in [0.15, 0.2) is 5.78 Å². The van der Waals surface area contributed by atoms with Crippen LogP contribution in [0.5, 0.6) is 0 Å². The van der Waals surface area contributed by atoms with Gasteiger partial charge in [0.05, 0.1) is 9.81 Å². The van der Waals surface area contributed by atoms with Crippen molar-refractivity contribution in [1.29, 1.82) is 0 Å². The van der Waals surface area contributed by atoms with E-state index in [9.17, 15) is 4.79 Å². The number of aromatic amines is 1. The number of ketones is 1. The van der Waals surface area contributed by atoms with Crippen molar-refractivity contribution in [3.63, 3.8) is 0 Å². The van der Waals surface area contributed by atoms with Crippen LogP contribution in [0.25, 0.3) is 11.0 Å². The zero-order valence-corrected chi connectivity index (χ0v) is 16.5. The number of Topliss-reactive ketones (excluding diaryl/α,β-unsaturated/α-hetero) is 1. The van der Waals surface area contributed by atoms with Crippen LogP contribution in [0.15, 0.2) is 36.9 Å². The van der Waals surface area contributed by atoms with E-state index in [1.807, 2.05) is 24.4 Å². The number of hydrogen-bond donors (Lipinski definition) is 1. The van der Waals surface area contributed by atoms with Crippen LogP contribution >= 0.6 is 22.6 Å². The quantitative estimate of drug-likeness (QED) is 0.357. The number of nitrogens with one attached hydrogen (secondary N) is 1. The van der Waals surface area contributed by atoms with E-state index in [4.69, 9.17) is 0 Å². The molecule has 1 saturated heterocycles. The molecule has 0 unspecified atom stereocenters. The van der Waals surface area contributed by atoms with Gasteiger partial charge in [-0.2, -0.15) is 0 Å². The highest BCUT2D eigenvalue weighted by molar-refractivity contribution is 14.1. The molecule has 1 aliphatic rings. The van der Waals surface area contributed by atoms with Gasteiger partial charge in [0.1, 0.15) is 23.6 Å². The molecule has 1 N–H and O–H groups in total. The normalized spacial score (nSPS) is 17.0. The van der Waals surface area contributed by atoms with Crippen LogP contribution in [-0.2, 0) is 0 Å². The van der Waals surface area contributed by atoms with Crippen molar-refractivity contribution < 1.29 is 4.79 Å². The molecule has 134 valence electrons. The predicted octanol–water partition coefficient (Wildman–Crippen LogP) is 2.69. The molecule has 3 aromatic rings. The number of H-pyrrole nitrogens is 1. The monoisotopic (exact) mass is 462 g/mol. The largest absolute Gasteiger partial charge is 0.355 e. The molecule has 0 aromatic carbocycles. The summed E-state index contributed by atoms with van der Waals surface area (Å²) in [4.78, 5) is 32.6.